The second-order valence-corrected chi connectivity index (χ2v) is 0.941. The summed E-state index contributed by atoms with van der Waals surface area (Å²) in [6, 6.07) is 0. The van der Waals surface area contributed by atoms with Crippen molar-refractivity contribution < 1.29 is 4.84 Å². The lowest BCUT2D eigenvalue weighted by molar-refractivity contribution is 0.160. The molecule has 2 N–H and O–H groups in total. The van der Waals surface area contributed by atoms with Gasteiger partial charge in [0.25, 0.3) is 0 Å². The molecule has 0 amide bonds. The SMILES string of the molecule is CCON=CCN. The van der Waals surface area contributed by atoms with Crippen LogP contribution in [0.15, 0.2) is 5.16 Å². The summed E-state index contributed by atoms with van der Waals surface area (Å²) in [6.07, 6.45) is 1.52. The standard InChI is InChI=1S/C4H10N2O/c1-2-7-6-4-3-5/h4H,2-3,5H2,1H3. The molecule has 0 aliphatic carbocycles. The van der Waals surface area contributed by atoms with Gasteiger partial charge in [-0.15, -0.1) is 0 Å². The van der Waals surface area contributed by atoms with Gasteiger partial charge < -0.3 is 10.6 Å². The van der Waals surface area contributed by atoms with Gasteiger partial charge in [0.15, 0.2) is 0 Å². The highest BCUT2D eigenvalue weighted by Crippen LogP contribution is 1.67. The average Bonchev–Trinajstić information content (AvgIpc) is 1.69. The fraction of sp³-hybridized carbons (Fsp3) is 0.750. The molecule has 0 radical (unpaired) electrons. The third kappa shape index (κ3) is 5.43. The molecule has 0 saturated carbocycles. The van der Waals surface area contributed by atoms with Crippen molar-refractivity contribution in [1.82, 2.24) is 0 Å². The Kier molecular flexibility index (Phi) is 4.99. The summed E-state index contributed by atoms with van der Waals surface area (Å²) < 4.78 is 0. The minimum Gasteiger partial charge on any atom is -0.396 e. The Balaban J connectivity index is 2.78. The van der Waals surface area contributed by atoms with Crippen molar-refractivity contribution in [3.8, 4) is 0 Å². The van der Waals surface area contributed by atoms with Crippen LogP contribution >= 0.6 is 0 Å². The third-order valence-corrected chi connectivity index (χ3v) is 0.384. The van der Waals surface area contributed by atoms with Gasteiger partial charge in [0.1, 0.15) is 6.61 Å². The van der Waals surface area contributed by atoms with E-state index in [4.69, 9.17) is 5.73 Å². The zero-order valence-corrected chi connectivity index (χ0v) is 4.42. The third-order valence-electron chi connectivity index (χ3n) is 0.384. The van der Waals surface area contributed by atoms with Crippen LogP contribution in [0.3, 0.4) is 0 Å². The molecule has 0 heterocycles. The lowest BCUT2D eigenvalue weighted by Crippen LogP contribution is -1.99. The van der Waals surface area contributed by atoms with Crippen LogP contribution in [-0.2, 0) is 4.84 Å². The maximum absolute atomic E-state index is 5.04. The van der Waals surface area contributed by atoms with Crippen molar-refractivity contribution >= 4 is 6.21 Å². The van der Waals surface area contributed by atoms with E-state index >= 15 is 0 Å². The van der Waals surface area contributed by atoms with Crippen molar-refractivity contribution in [1.29, 1.82) is 0 Å². The van der Waals surface area contributed by atoms with Gasteiger partial charge in [-0.3, -0.25) is 0 Å². The quantitative estimate of drug-likeness (QED) is 0.401. The van der Waals surface area contributed by atoms with Crippen LogP contribution in [0.4, 0.5) is 0 Å². The predicted molar refractivity (Wildman–Crippen MR) is 29.2 cm³/mol. The molecule has 42 valence electrons. The highest BCUT2D eigenvalue weighted by atomic mass is 16.6. The smallest absolute Gasteiger partial charge is 0.114 e. The monoisotopic (exact) mass is 102 g/mol. The minimum atomic E-state index is 0.444. The Morgan fingerprint density at radius 1 is 1.86 bits per heavy atom. The molecule has 3 heteroatoms. The first-order valence-corrected chi connectivity index (χ1v) is 2.25. The molecule has 0 spiro atoms. The van der Waals surface area contributed by atoms with Crippen LogP contribution in [0.2, 0.25) is 0 Å². The lowest BCUT2D eigenvalue weighted by atomic mass is 10.8. The van der Waals surface area contributed by atoms with E-state index in [2.05, 4.69) is 9.99 Å². The molecule has 0 aromatic heterocycles. The molecule has 0 bridgehead atoms. The van der Waals surface area contributed by atoms with E-state index in [-0.39, 0.29) is 0 Å². The number of oxime groups is 1. The van der Waals surface area contributed by atoms with E-state index in [0.29, 0.717) is 13.2 Å². The molecule has 0 saturated heterocycles. The zero-order valence-electron chi connectivity index (χ0n) is 4.42. The molecular weight excluding hydrogens is 92.1 g/mol. The molecule has 0 aromatic rings. The van der Waals surface area contributed by atoms with Gasteiger partial charge in [-0.25, -0.2) is 0 Å². The first-order chi connectivity index (χ1) is 3.41. The molecule has 7 heavy (non-hydrogen) atoms. The Labute approximate surface area is 43.1 Å². The van der Waals surface area contributed by atoms with Crippen LogP contribution in [0.5, 0.6) is 0 Å². The first-order valence-electron chi connectivity index (χ1n) is 2.25. The van der Waals surface area contributed by atoms with Crippen LogP contribution in [0.25, 0.3) is 0 Å². The van der Waals surface area contributed by atoms with E-state index in [1.54, 1.807) is 0 Å². The van der Waals surface area contributed by atoms with Crippen molar-refractivity contribution in [3.05, 3.63) is 0 Å². The molecule has 0 aliphatic rings. The van der Waals surface area contributed by atoms with Crippen molar-refractivity contribution in [2.75, 3.05) is 13.2 Å². The highest BCUT2D eigenvalue weighted by molar-refractivity contribution is 5.58. The molecule has 0 aliphatic heterocycles. The molecule has 0 fully saturated rings. The number of hydrogen-bond donors (Lipinski definition) is 1. The van der Waals surface area contributed by atoms with Crippen molar-refractivity contribution in [2.45, 2.75) is 6.92 Å². The van der Waals surface area contributed by atoms with Gasteiger partial charge >= 0.3 is 0 Å². The summed E-state index contributed by atoms with van der Waals surface area (Å²) >= 11 is 0. The summed E-state index contributed by atoms with van der Waals surface area (Å²) in [6.45, 7) is 2.92. The lowest BCUT2D eigenvalue weighted by Gasteiger charge is -1.86. The first kappa shape index (κ1) is 6.43. The number of hydrogen-bond acceptors (Lipinski definition) is 3. The van der Waals surface area contributed by atoms with Gasteiger partial charge in [0, 0.05) is 6.54 Å². The molecule has 0 unspecified atom stereocenters. The van der Waals surface area contributed by atoms with E-state index < -0.39 is 0 Å². The topological polar surface area (TPSA) is 47.6 Å². The molecule has 0 atom stereocenters. The molecule has 0 rings (SSSR count). The predicted octanol–water partition coefficient (Wildman–Crippen LogP) is -0.0326. The second-order valence-electron chi connectivity index (χ2n) is 0.941. The zero-order chi connectivity index (χ0) is 5.54. The highest BCUT2D eigenvalue weighted by Gasteiger charge is 1.65. The number of rotatable bonds is 3. The van der Waals surface area contributed by atoms with Gasteiger partial charge in [0.05, 0.1) is 6.21 Å². The Hall–Kier alpha value is -0.570. The number of nitrogens with two attached hydrogens (primary N) is 1. The van der Waals surface area contributed by atoms with Gasteiger partial charge in [0.2, 0.25) is 0 Å². The van der Waals surface area contributed by atoms with Crippen molar-refractivity contribution in [3.63, 3.8) is 0 Å². The van der Waals surface area contributed by atoms with Gasteiger partial charge in [-0.05, 0) is 6.92 Å². The van der Waals surface area contributed by atoms with E-state index in [1.807, 2.05) is 6.92 Å². The Morgan fingerprint density at radius 3 is 3.00 bits per heavy atom. The Morgan fingerprint density at radius 2 is 2.57 bits per heavy atom. The summed E-state index contributed by atoms with van der Waals surface area (Å²) in [5, 5.41) is 3.46. The number of nitrogens with zero attached hydrogens (tertiary/aromatic N) is 1. The van der Waals surface area contributed by atoms with Crippen LogP contribution in [0, 0.1) is 0 Å². The van der Waals surface area contributed by atoms with Crippen LogP contribution < -0.4 is 5.73 Å². The van der Waals surface area contributed by atoms with Gasteiger partial charge in [-0.2, -0.15) is 0 Å². The summed E-state index contributed by atoms with van der Waals surface area (Å²) in [4.78, 5) is 4.56. The summed E-state index contributed by atoms with van der Waals surface area (Å²) in [5.74, 6) is 0. The minimum absolute atomic E-state index is 0.444. The maximum Gasteiger partial charge on any atom is 0.114 e. The van der Waals surface area contributed by atoms with E-state index in [0.717, 1.165) is 0 Å². The molecule has 0 aromatic carbocycles. The Bertz CT molecular complexity index is 53.7. The van der Waals surface area contributed by atoms with Crippen LogP contribution in [0.1, 0.15) is 6.92 Å². The average molecular weight is 102 g/mol. The van der Waals surface area contributed by atoms with E-state index in [1.165, 1.54) is 6.21 Å². The van der Waals surface area contributed by atoms with E-state index in [9.17, 15) is 0 Å². The van der Waals surface area contributed by atoms with Gasteiger partial charge in [-0.1, -0.05) is 5.16 Å². The summed E-state index contributed by atoms with van der Waals surface area (Å²) in [5.41, 5.74) is 5.04. The fourth-order valence-electron chi connectivity index (χ4n) is 0.170. The normalized spacial score (nSPS) is 10.0. The second kappa shape index (κ2) is 5.43. The largest absolute Gasteiger partial charge is 0.396 e. The molecular formula is C4H10N2O. The fourth-order valence-corrected chi connectivity index (χ4v) is 0.170. The van der Waals surface area contributed by atoms with Crippen molar-refractivity contribution in [2.24, 2.45) is 10.9 Å². The van der Waals surface area contributed by atoms with Crippen LogP contribution in [-0.4, -0.2) is 19.4 Å². The maximum atomic E-state index is 5.04. The summed E-state index contributed by atoms with van der Waals surface area (Å²) in [7, 11) is 0. The molecule has 3 nitrogen and oxygen atoms in total.